The molecule has 1 N–H and O–H groups in total. The number of anilines is 6. The molecule has 0 atom stereocenters. The topological polar surface area (TPSA) is 31.5 Å². The standard InChI is InChI=1S/C67H49BN3OS/c1-4-42-33-34-56(50(35-42)44-23-11-6-12-24-44)71-57-41-62-60(72-59-31-19-20-32-61(59)73-62)40-55(57)68-64-51(36-45(37-58(64)71)43-21-9-5-10-22-43)52-38-48(70(46-25-13-7-14-26-46)47-27-15-8-16-28-47)39-53-63-66(69-65(52)53)49-29-17-18-30-54(49)67(63,2)3/h5-41,69H,4H2,1-3H3. The van der Waals surface area contributed by atoms with Gasteiger partial charge in [-0.15, -0.1) is 0 Å². The summed E-state index contributed by atoms with van der Waals surface area (Å²) in [6, 6.07) is 82.1. The largest absolute Gasteiger partial charge is 0.455 e. The molecule has 0 unspecified atom stereocenters. The molecular weight excluding hydrogens is 906 g/mol. The number of aromatic nitrogens is 1. The molecular formula is C67H49BN3OS. The Hall–Kier alpha value is -8.45. The molecule has 0 bridgehead atoms. The lowest BCUT2D eigenvalue weighted by molar-refractivity contribution is 0.455. The van der Waals surface area contributed by atoms with Crippen LogP contribution in [0.15, 0.2) is 234 Å². The average Bonchev–Trinajstić information content (AvgIpc) is 3.97. The third-order valence-corrected chi connectivity index (χ3v) is 16.3. The molecule has 1 radical (unpaired) electrons. The number of nitrogens with zero attached hydrogens (tertiary/aromatic N) is 2. The van der Waals surface area contributed by atoms with Crippen molar-refractivity contribution in [1.82, 2.24) is 4.98 Å². The summed E-state index contributed by atoms with van der Waals surface area (Å²) >= 11 is 1.77. The number of aromatic amines is 1. The van der Waals surface area contributed by atoms with Crippen molar-refractivity contribution in [2.75, 3.05) is 9.80 Å². The van der Waals surface area contributed by atoms with E-state index in [1.807, 2.05) is 0 Å². The van der Waals surface area contributed by atoms with Crippen LogP contribution in [-0.4, -0.2) is 12.3 Å². The highest BCUT2D eigenvalue weighted by molar-refractivity contribution is 7.99. The Kier molecular flexibility index (Phi) is 10.2. The van der Waals surface area contributed by atoms with Crippen LogP contribution in [0.5, 0.6) is 11.5 Å². The maximum absolute atomic E-state index is 6.78. The Morgan fingerprint density at radius 2 is 1.19 bits per heavy atom. The number of fused-ring (bicyclic) bond motifs is 9. The minimum atomic E-state index is -0.258. The second-order valence-electron chi connectivity index (χ2n) is 19.9. The van der Waals surface area contributed by atoms with Gasteiger partial charge in [-0.2, -0.15) is 0 Å². The van der Waals surface area contributed by atoms with Crippen LogP contribution in [0.25, 0.3) is 55.5 Å². The lowest BCUT2D eigenvalue weighted by Crippen LogP contribution is -2.41. The van der Waals surface area contributed by atoms with E-state index >= 15 is 0 Å². The third-order valence-electron chi connectivity index (χ3n) is 15.2. The number of H-pyrrole nitrogens is 1. The molecule has 3 aliphatic rings. The van der Waals surface area contributed by atoms with Crippen molar-refractivity contribution in [3.63, 3.8) is 0 Å². The summed E-state index contributed by atoms with van der Waals surface area (Å²) in [6.07, 6.45) is 0.932. The predicted molar refractivity (Wildman–Crippen MR) is 307 cm³/mol. The van der Waals surface area contributed by atoms with Crippen molar-refractivity contribution in [3.05, 3.63) is 241 Å². The number of para-hydroxylation sites is 3. The Balaban J connectivity index is 1.10. The number of rotatable bonds is 8. The molecule has 0 spiro atoms. The summed E-state index contributed by atoms with van der Waals surface area (Å²) in [7, 11) is 2.42. The zero-order valence-corrected chi connectivity index (χ0v) is 41.7. The first-order chi connectivity index (χ1) is 35.9. The molecule has 11 aromatic rings. The molecule has 0 saturated heterocycles. The van der Waals surface area contributed by atoms with E-state index in [4.69, 9.17) is 4.74 Å². The molecule has 6 heteroatoms. The van der Waals surface area contributed by atoms with Crippen molar-refractivity contribution in [3.8, 4) is 56.1 Å². The molecule has 1 aromatic heterocycles. The summed E-state index contributed by atoms with van der Waals surface area (Å²) < 4.78 is 6.78. The molecule has 3 heterocycles. The van der Waals surface area contributed by atoms with Crippen LogP contribution in [0.1, 0.15) is 37.5 Å². The fourth-order valence-electron chi connectivity index (χ4n) is 11.7. The summed E-state index contributed by atoms with van der Waals surface area (Å²) in [5, 5.41) is 1.21. The average molecular weight is 955 g/mol. The van der Waals surface area contributed by atoms with Gasteiger partial charge in [-0.3, -0.25) is 0 Å². The molecule has 347 valence electrons. The second kappa shape index (κ2) is 17.1. The number of hydrogen-bond acceptors (Lipinski definition) is 4. The SMILES string of the molecule is CCc1ccc(N2c3cc4c(cc3[B]c3c(-c5cc(N(c6ccccc6)c6ccccc6)cc6c7c([nH]c56)-c5ccccc5C7(C)C)cc(-c5ccccc5)cc32)Oc2ccccc2S4)c(-c2ccccc2)c1. The highest BCUT2D eigenvalue weighted by atomic mass is 32.2. The zero-order chi connectivity index (χ0) is 48.8. The summed E-state index contributed by atoms with van der Waals surface area (Å²) in [5.41, 5.74) is 23.0. The quantitative estimate of drug-likeness (QED) is 0.154. The van der Waals surface area contributed by atoms with Gasteiger partial charge in [0.2, 0.25) is 0 Å². The molecule has 0 saturated carbocycles. The summed E-state index contributed by atoms with van der Waals surface area (Å²) in [6.45, 7) is 7.01. The predicted octanol–water partition coefficient (Wildman–Crippen LogP) is 17.2. The smallest absolute Gasteiger partial charge is 0.198 e. The number of nitrogens with one attached hydrogen (secondary N) is 1. The highest BCUT2D eigenvalue weighted by Gasteiger charge is 2.40. The van der Waals surface area contributed by atoms with Gasteiger partial charge in [0, 0.05) is 55.9 Å². The van der Waals surface area contributed by atoms with E-state index in [-0.39, 0.29) is 5.41 Å². The zero-order valence-electron chi connectivity index (χ0n) is 40.9. The van der Waals surface area contributed by atoms with E-state index in [1.165, 1.54) is 44.5 Å². The van der Waals surface area contributed by atoms with Gasteiger partial charge in [-0.1, -0.05) is 178 Å². The van der Waals surface area contributed by atoms with Crippen LogP contribution in [0.3, 0.4) is 0 Å². The Morgan fingerprint density at radius 3 is 1.93 bits per heavy atom. The van der Waals surface area contributed by atoms with E-state index in [2.05, 4.69) is 267 Å². The molecule has 2 aliphatic heterocycles. The second-order valence-corrected chi connectivity index (χ2v) is 20.9. The Labute approximate surface area is 431 Å². The normalized spacial score (nSPS) is 13.4. The molecule has 10 aromatic carbocycles. The van der Waals surface area contributed by atoms with Crippen LogP contribution in [0.2, 0.25) is 0 Å². The van der Waals surface area contributed by atoms with Crippen molar-refractivity contribution in [1.29, 1.82) is 0 Å². The lowest BCUT2D eigenvalue weighted by atomic mass is 9.57. The van der Waals surface area contributed by atoms with E-state index < -0.39 is 0 Å². The van der Waals surface area contributed by atoms with Crippen LogP contribution in [-0.2, 0) is 11.8 Å². The van der Waals surface area contributed by atoms with E-state index in [0.717, 1.165) is 101 Å². The van der Waals surface area contributed by atoms with Crippen molar-refractivity contribution in [2.45, 2.75) is 42.4 Å². The van der Waals surface area contributed by atoms with Gasteiger partial charge in [-0.25, -0.2) is 0 Å². The first-order valence-electron chi connectivity index (χ1n) is 25.3. The molecule has 0 fully saturated rings. The fraction of sp³-hybridized carbons (Fsp3) is 0.0746. The van der Waals surface area contributed by atoms with Gasteiger partial charge in [0.25, 0.3) is 0 Å². The van der Waals surface area contributed by atoms with Gasteiger partial charge in [0.05, 0.1) is 26.7 Å². The summed E-state index contributed by atoms with van der Waals surface area (Å²) in [4.78, 5) is 11.3. The van der Waals surface area contributed by atoms with Gasteiger partial charge < -0.3 is 19.5 Å². The number of benzene rings is 10. The minimum absolute atomic E-state index is 0.258. The van der Waals surface area contributed by atoms with Gasteiger partial charge in [0.15, 0.2) is 7.28 Å². The fourth-order valence-corrected chi connectivity index (χ4v) is 12.7. The molecule has 0 amide bonds. The van der Waals surface area contributed by atoms with E-state index in [0.29, 0.717) is 0 Å². The Bertz CT molecular complexity index is 3920. The number of hydrogen-bond donors (Lipinski definition) is 1. The van der Waals surface area contributed by atoms with Crippen LogP contribution in [0.4, 0.5) is 34.1 Å². The Morgan fingerprint density at radius 1 is 0.521 bits per heavy atom. The van der Waals surface area contributed by atoms with Crippen LogP contribution in [0, 0.1) is 0 Å². The number of aryl methyl sites for hydroxylation is 1. The maximum atomic E-state index is 6.78. The van der Waals surface area contributed by atoms with E-state index in [1.54, 1.807) is 11.8 Å². The van der Waals surface area contributed by atoms with Gasteiger partial charge in [0.1, 0.15) is 11.5 Å². The molecule has 73 heavy (non-hydrogen) atoms. The minimum Gasteiger partial charge on any atom is -0.455 e. The van der Waals surface area contributed by atoms with Gasteiger partial charge in [-0.05, 0) is 136 Å². The molecule has 1 aliphatic carbocycles. The first kappa shape index (κ1) is 43.4. The molecule has 14 rings (SSSR count). The number of ether oxygens (including phenoxy) is 1. The lowest BCUT2D eigenvalue weighted by Gasteiger charge is -2.37. The van der Waals surface area contributed by atoms with E-state index in [9.17, 15) is 0 Å². The molecule has 4 nitrogen and oxygen atoms in total. The maximum Gasteiger partial charge on any atom is 0.198 e. The van der Waals surface area contributed by atoms with Crippen molar-refractivity contribution >= 4 is 75.0 Å². The third kappa shape index (κ3) is 7.07. The summed E-state index contributed by atoms with van der Waals surface area (Å²) in [5.74, 6) is 1.74. The van der Waals surface area contributed by atoms with Crippen LogP contribution < -0.4 is 25.5 Å². The van der Waals surface area contributed by atoms with Crippen LogP contribution >= 0.6 is 11.8 Å². The first-order valence-corrected chi connectivity index (χ1v) is 26.1. The van der Waals surface area contributed by atoms with Gasteiger partial charge >= 0.3 is 0 Å². The van der Waals surface area contributed by atoms with Crippen molar-refractivity contribution in [2.24, 2.45) is 0 Å². The monoisotopic (exact) mass is 954 g/mol. The van der Waals surface area contributed by atoms with Crippen molar-refractivity contribution < 1.29 is 4.74 Å². The highest BCUT2D eigenvalue weighted by Crippen LogP contribution is 2.55.